The summed E-state index contributed by atoms with van der Waals surface area (Å²) < 4.78 is 42.7. The van der Waals surface area contributed by atoms with Gasteiger partial charge in [-0.1, -0.05) is 39.3 Å². The Morgan fingerprint density at radius 1 is 1.02 bits per heavy atom. The summed E-state index contributed by atoms with van der Waals surface area (Å²) in [4.78, 5) is 21.9. The number of Topliss-reactive ketones (excluding diaryl/α,β-unsaturated/α-hetero) is 1. The fraction of sp³-hybridized carbons (Fsp3) is 0.355. The molecule has 0 fully saturated rings. The van der Waals surface area contributed by atoms with E-state index in [9.17, 15) is 18.0 Å². The van der Waals surface area contributed by atoms with Gasteiger partial charge in [-0.15, -0.1) is 0 Å². The van der Waals surface area contributed by atoms with E-state index in [1.54, 1.807) is 10.7 Å². The van der Waals surface area contributed by atoms with Crippen LogP contribution in [0.15, 0.2) is 54.9 Å². The van der Waals surface area contributed by atoms with Crippen LogP contribution < -0.4 is 5.32 Å². The highest BCUT2D eigenvalue weighted by atomic mass is 19.4. The molecule has 40 heavy (non-hydrogen) atoms. The molecule has 4 aromatic rings. The molecule has 0 aliphatic heterocycles. The standard InChI is InChI=1S/C31H34F3N5O/c1-6-8-19(3)23-14-24(16-25(15-23)31(32,33)34)28(40)13-22-10-9-20(4)27(12-22)37-30-11-21(5)38-39(30)29-17-26(7-2)35-18-36-29/h9-12,14-19,37H,6-8,13H2,1-5H3. The SMILES string of the molecule is CCCC(C)c1cc(C(=O)Cc2ccc(C)c(Nc3cc(C)nn3-c3cc(CC)ncn3)c2)cc(C(F)(F)F)c1. The van der Waals surface area contributed by atoms with Crippen LogP contribution in [0.5, 0.6) is 0 Å². The van der Waals surface area contributed by atoms with Crippen molar-refractivity contribution in [3.8, 4) is 5.82 Å². The average Bonchev–Trinajstić information content (AvgIpc) is 3.29. The average molecular weight is 550 g/mol. The van der Waals surface area contributed by atoms with E-state index in [0.717, 1.165) is 54.0 Å². The molecule has 1 N–H and O–H groups in total. The third-order valence-corrected chi connectivity index (χ3v) is 6.94. The molecule has 4 rings (SSSR count). The number of nitrogens with zero attached hydrogens (tertiary/aromatic N) is 4. The molecule has 2 heterocycles. The van der Waals surface area contributed by atoms with E-state index < -0.39 is 11.7 Å². The Balaban J connectivity index is 1.62. The fourth-order valence-corrected chi connectivity index (χ4v) is 4.66. The summed E-state index contributed by atoms with van der Waals surface area (Å²) in [6.45, 7) is 9.72. The molecule has 2 aromatic carbocycles. The minimum atomic E-state index is -4.53. The van der Waals surface area contributed by atoms with Crippen molar-refractivity contribution in [3.63, 3.8) is 0 Å². The maximum atomic E-state index is 13.7. The maximum absolute atomic E-state index is 13.7. The summed E-state index contributed by atoms with van der Waals surface area (Å²) in [6.07, 6.45) is -0.697. The van der Waals surface area contributed by atoms with E-state index in [1.807, 2.05) is 65.0 Å². The summed E-state index contributed by atoms with van der Waals surface area (Å²) >= 11 is 0. The molecule has 1 atom stereocenters. The molecule has 0 aliphatic carbocycles. The second-order valence-electron chi connectivity index (χ2n) is 10.2. The van der Waals surface area contributed by atoms with E-state index in [4.69, 9.17) is 0 Å². The van der Waals surface area contributed by atoms with Gasteiger partial charge < -0.3 is 5.32 Å². The van der Waals surface area contributed by atoms with Crippen molar-refractivity contribution in [1.29, 1.82) is 0 Å². The minimum Gasteiger partial charge on any atom is -0.340 e. The van der Waals surface area contributed by atoms with Gasteiger partial charge in [0.15, 0.2) is 11.6 Å². The first-order chi connectivity index (χ1) is 19.0. The van der Waals surface area contributed by atoms with E-state index >= 15 is 0 Å². The molecular weight excluding hydrogens is 515 g/mol. The largest absolute Gasteiger partial charge is 0.416 e. The number of ketones is 1. The van der Waals surface area contributed by atoms with E-state index in [0.29, 0.717) is 22.8 Å². The Bertz CT molecular complexity index is 1510. The maximum Gasteiger partial charge on any atom is 0.416 e. The van der Waals surface area contributed by atoms with Crippen LogP contribution >= 0.6 is 0 Å². The first-order valence-corrected chi connectivity index (χ1v) is 13.5. The van der Waals surface area contributed by atoms with Gasteiger partial charge in [0, 0.05) is 35.5 Å². The van der Waals surface area contributed by atoms with Crippen LogP contribution in [0.1, 0.15) is 83.5 Å². The number of hydrogen-bond donors (Lipinski definition) is 1. The Hall–Kier alpha value is -4.01. The number of nitrogens with one attached hydrogen (secondary N) is 1. The van der Waals surface area contributed by atoms with Crippen LogP contribution in [-0.4, -0.2) is 25.5 Å². The lowest BCUT2D eigenvalue weighted by Crippen LogP contribution is -2.11. The van der Waals surface area contributed by atoms with Crippen molar-refractivity contribution in [2.24, 2.45) is 0 Å². The smallest absolute Gasteiger partial charge is 0.340 e. The first-order valence-electron chi connectivity index (χ1n) is 13.5. The molecule has 0 spiro atoms. The molecule has 2 aromatic heterocycles. The fourth-order valence-electron chi connectivity index (χ4n) is 4.66. The number of benzene rings is 2. The lowest BCUT2D eigenvalue weighted by molar-refractivity contribution is -0.137. The highest BCUT2D eigenvalue weighted by Crippen LogP contribution is 2.34. The number of anilines is 2. The van der Waals surface area contributed by atoms with Crippen molar-refractivity contribution in [3.05, 3.63) is 94.1 Å². The molecule has 0 saturated heterocycles. The highest BCUT2D eigenvalue weighted by molar-refractivity contribution is 5.98. The van der Waals surface area contributed by atoms with Gasteiger partial charge in [0.25, 0.3) is 0 Å². The summed E-state index contributed by atoms with van der Waals surface area (Å²) in [6, 6.07) is 13.1. The highest BCUT2D eigenvalue weighted by Gasteiger charge is 2.32. The Morgan fingerprint density at radius 3 is 2.50 bits per heavy atom. The first kappa shape index (κ1) is 29.0. The molecule has 0 bridgehead atoms. The molecule has 210 valence electrons. The zero-order valence-corrected chi connectivity index (χ0v) is 23.4. The van der Waals surface area contributed by atoms with Crippen LogP contribution in [0.4, 0.5) is 24.7 Å². The predicted molar refractivity (Wildman–Crippen MR) is 151 cm³/mol. The van der Waals surface area contributed by atoms with Crippen LogP contribution in [-0.2, 0) is 19.0 Å². The number of hydrogen-bond acceptors (Lipinski definition) is 5. The van der Waals surface area contributed by atoms with Crippen LogP contribution in [0.2, 0.25) is 0 Å². The molecular formula is C31H34F3N5O. The van der Waals surface area contributed by atoms with E-state index in [1.165, 1.54) is 6.33 Å². The third kappa shape index (κ3) is 6.76. The summed E-state index contributed by atoms with van der Waals surface area (Å²) in [5.41, 5.74) is 3.89. The zero-order valence-electron chi connectivity index (χ0n) is 23.4. The van der Waals surface area contributed by atoms with Gasteiger partial charge in [0.05, 0.1) is 11.3 Å². The number of rotatable bonds is 10. The number of carbonyl (C=O) groups is 1. The summed E-state index contributed by atoms with van der Waals surface area (Å²) in [7, 11) is 0. The predicted octanol–water partition coefficient (Wildman–Crippen LogP) is 7.93. The lowest BCUT2D eigenvalue weighted by Gasteiger charge is -2.16. The molecule has 0 radical (unpaired) electrons. The van der Waals surface area contributed by atoms with Gasteiger partial charge in [0.2, 0.25) is 0 Å². The van der Waals surface area contributed by atoms with Gasteiger partial charge in [-0.2, -0.15) is 23.0 Å². The topological polar surface area (TPSA) is 72.7 Å². The minimum absolute atomic E-state index is 0.0259. The molecule has 0 saturated carbocycles. The number of halogens is 3. The van der Waals surface area contributed by atoms with Gasteiger partial charge >= 0.3 is 6.18 Å². The second-order valence-corrected chi connectivity index (χ2v) is 10.2. The van der Waals surface area contributed by atoms with Crippen molar-refractivity contribution in [2.45, 2.75) is 72.4 Å². The lowest BCUT2D eigenvalue weighted by atomic mass is 9.91. The zero-order chi connectivity index (χ0) is 29.0. The Kier molecular flexibility index (Phi) is 8.71. The van der Waals surface area contributed by atoms with Crippen molar-refractivity contribution in [2.75, 3.05) is 5.32 Å². The number of carbonyl (C=O) groups excluding carboxylic acids is 1. The molecule has 0 aliphatic rings. The van der Waals surface area contributed by atoms with Crippen molar-refractivity contribution < 1.29 is 18.0 Å². The molecule has 0 amide bonds. The van der Waals surface area contributed by atoms with Gasteiger partial charge in [-0.05, 0) is 73.6 Å². The second kappa shape index (κ2) is 12.0. The molecule has 9 heteroatoms. The monoisotopic (exact) mass is 549 g/mol. The van der Waals surface area contributed by atoms with Crippen LogP contribution in [0, 0.1) is 13.8 Å². The van der Waals surface area contributed by atoms with Gasteiger partial charge in [-0.3, -0.25) is 4.79 Å². The third-order valence-electron chi connectivity index (χ3n) is 6.94. The molecule has 6 nitrogen and oxygen atoms in total. The summed E-state index contributed by atoms with van der Waals surface area (Å²) in [5.74, 6) is 0.881. The number of aromatic nitrogens is 4. The Morgan fingerprint density at radius 2 is 1.80 bits per heavy atom. The quantitative estimate of drug-likeness (QED) is 0.203. The van der Waals surface area contributed by atoms with E-state index in [2.05, 4.69) is 20.4 Å². The number of alkyl halides is 3. The summed E-state index contributed by atoms with van der Waals surface area (Å²) in [5, 5.41) is 7.97. The van der Waals surface area contributed by atoms with Gasteiger partial charge in [0.1, 0.15) is 12.1 Å². The Labute approximate surface area is 232 Å². The van der Waals surface area contributed by atoms with Crippen molar-refractivity contribution in [1.82, 2.24) is 19.7 Å². The number of aryl methyl sites for hydroxylation is 3. The normalized spacial score (nSPS) is 12.4. The van der Waals surface area contributed by atoms with Crippen LogP contribution in [0.3, 0.4) is 0 Å². The van der Waals surface area contributed by atoms with Crippen LogP contribution in [0.25, 0.3) is 5.82 Å². The molecule has 1 unspecified atom stereocenters. The van der Waals surface area contributed by atoms with Crippen molar-refractivity contribution >= 4 is 17.3 Å². The van der Waals surface area contributed by atoms with E-state index in [-0.39, 0.29) is 23.7 Å². The van der Waals surface area contributed by atoms with Gasteiger partial charge in [-0.25, -0.2) is 9.97 Å².